The Kier molecular flexibility index (Phi) is 5.29. The monoisotopic (exact) mass is 393 g/mol. The fourth-order valence-corrected chi connectivity index (χ4v) is 4.23. The molecule has 1 aliphatic rings. The number of anilines is 1. The molecular formula is C24H24ClNO2. The molecule has 1 unspecified atom stereocenters. The molecule has 0 bridgehead atoms. The number of aliphatic hydroxyl groups excluding tert-OH is 1. The van der Waals surface area contributed by atoms with Crippen LogP contribution in [0.15, 0.2) is 60.7 Å². The third-order valence-corrected chi connectivity index (χ3v) is 5.71. The lowest BCUT2D eigenvalue weighted by Crippen LogP contribution is -2.22. The fraction of sp³-hybridized carbons (Fsp3) is 0.250. The van der Waals surface area contributed by atoms with Gasteiger partial charge in [0, 0.05) is 46.9 Å². The van der Waals surface area contributed by atoms with Crippen molar-refractivity contribution in [2.75, 3.05) is 18.0 Å². The van der Waals surface area contributed by atoms with Crippen LogP contribution in [0.4, 0.5) is 5.69 Å². The highest BCUT2D eigenvalue weighted by Gasteiger charge is 2.30. The Morgan fingerprint density at radius 1 is 0.893 bits per heavy atom. The molecule has 3 nitrogen and oxygen atoms in total. The number of halogens is 1. The summed E-state index contributed by atoms with van der Waals surface area (Å²) in [6.07, 6.45) is 0. The van der Waals surface area contributed by atoms with E-state index in [1.165, 1.54) is 0 Å². The third kappa shape index (κ3) is 3.25. The molecule has 0 radical (unpaired) electrons. The largest absolute Gasteiger partial charge is 0.457 e. The molecule has 1 heterocycles. The maximum Gasteiger partial charge on any atom is 0.133 e. The molecule has 144 valence electrons. The van der Waals surface area contributed by atoms with Crippen molar-refractivity contribution in [1.29, 1.82) is 0 Å². The topological polar surface area (TPSA) is 32.7 Å². The van der Waals surface area contributed by atoms with Gasteiger partial charge in [-0.15, -0.1) is 0 Å². The molecule has 0 aliphatic carbocycles. The van der Waals surface area contributed by atoms with Gasteiger partial charge in [-0.3, -0.25) is 0 Å². The van der Waals surface area contributed by atoms with Crippen molar-refractivity contribution in [3.8, 4) is 11.5 Å². The molecule has 28 heavy (non-hydrogen) atoms. The van der Waals surface area contributed by atoms with Crippen LogP contribution in [0.25, 0.3) is 0 Å². The first kappa shape index (κ1) is 18.9. The van der Waals surface area contributed by atoms with Crippen molar-refractivity contribution in [3.63, 3.8) is 0 Å². The average molecular weight is 394 g/mol. The van der Waals surface area contributed by atoms with Gasteiger partial charge in [0.25, 0.3) is 0 Å². The molecule has 0 amide bonds. The normalized spacial score (nSPS) is 14.8. The minimum atomic E-state index is -0.0356. The van der Waals surface area contributed by atoms with E-state index >= 15 is 0 Å². The summed E-state index contributed by atoms with van der Waals surface area (Å²) in [6.45, 7) is 6.19. The second-order valence-corrected chi connectivity index (χ2v) is 7.41. The van der Waals surface area contributed by atoms with Crippen LogP contribution in [-0.4, -0.2) is 18.2 Å². The number of hydrogen-bond acceptors (Lipinski definition) is 3. The number of rotatable bonds is 5. The SMILES string of the molecule is CCN(CC)c1ccc2c(c1)Oc1ccc(Cl)cc1C2c1ccccc1CO. The Labute approximate surface area is 171 Å². The van der Waals surface area contributed by atoms with Crippen molar-refractivity contribution in [2.24, 2.45) is 0 Å². The maximum atomic E-state index is 9.92. The smallest absolute Gasteiger partial charge is 0.133 e. The van der Waals surface area contributed by atoms with Crippen molar-refractivity contribution in [2.45, 2.75) is 26.4 Å². The van der Waals surface area contributed by atoms with E-state index in [0.717, 1.165) is 52.5 Å². The van der Waals surface area contributed by atoms with Crippen LogP contribution in [0.2, 0.25) is 5.02 Å². The number of fused-ring (bicyclic) bond motifs is 2. The van der Waals surface area contributed by atoms with E-state index < -0.39 is 0 Å². The van der Waals surface area contributed by atoms with Gasteiger partial charge in [0.05, 0.1) is 6.61 Å². The molecule has 1 aliphatic heterocycles. The number of aliphatic hydroxyl groups is 1. The van der Waals surface area contributed by atoms with Gasteiger partial charge < -0.3 is 14.7 Å². The third-order valence-electron chi connectivity index (χ3n) is 5.48. The van der Waals surface area contributed by atoms with Gasteiger partial charge in [-0.1, -0.05) is 41.9 Å². The van der Waals surface area contributed by atoms with Crippen LogP contribution in [0.5, 0.6) is 11.5 Å². The zero-order valence-corrected chi connectivity index (χ0v) is 16.9. The summed E-state index contributed by atoms with van der Waals surface area (Å²) in [5, 5.41) is 10.6. The van der Waals surface area contributed by atoms with E-state index in [2.05, 4.69) is 43.0 Å². The Morgan fingerprint density at radius 3 is 2.43 bits per heavy atom. The molecule has 0 saturated carbocycles. The van der Waals surface area contributed by atoms with Crippen molar-refractivity contribution in [1.82, 2.24) is 0 Å². The van der Waals surface area contributed by atoms with Gasteiger partial charge in [-0.25, -0.2) is 0 Å². The van der Waals surface area contributed by atoms with Crippen LogP contribution >= 0.6 is 11.6 Å². The van der Waals surface area contributed by atoms with Crippen molar-refractivity contribution >= 4 is 17.3 Å². The lowest BCUT2D eigenvalue weighted by atomic mass is 9.80. The van der Waals surface area contributed by atoms with Crippen molar-refractivity contribution < 1.29 is 9.84 Å². The summed E-state index contributed by atoms with van der Waals surface area (Å²) < 4.78 is 6.29. The first-order chi connectivity index (χ1) is 13.7. The van der Waals surface area contributed by atoms with Gasteiger partial charge in [0.15, 0.2) is 0 Å². The molecule has 0 spiro atoms. The lowest BCUT2D eigenvalue weighted by Gasteiger charge is -2.31. The summed E-state index contributed by atoms with van der Waals surface area (Å²) in [5.74, 6) is 1.63. The zero-order valence-electron chi connectivity index (χ0n) is 16.2. The number of hydrogen-bond donors (Lipinski definition) is 1. The van der Waals surface area contributed by atoms with E-state index in [-0.39, 0.29) is 12.5 Å². The standard InChI is InChI=1S/C24H24ClNO2/c1-3-26(4-2)18-10-11-20-23(14-18)28-22-12-9-17(25)13-21(22)24(20)19-8-6-5-7-16(19)15-27/h5-14,24,27H,3-4,15H2,1-2H3. The second kappa shape index (κ2) is 7.86. The highest BCUT2D eigenvalue weighted by Crippen LogP contribution is 2.49. The van der Waals surface area contributed by atoms with Gasteiger partial charge in [-0.05, 0) is 49.2 Å². The number of ether oxygens (including phenoxy) is 1. The van der Waals surface area contributed by atoms with Crippen molar-refractivity contribution in [3.05, 3.63) is 87.9 Å². The summed E-state index contributed by atoms with van der Waals surface area (Å²) >= 11 is 6.32. The summed E-state index contributed by atoms with van der Waals surface area (Å²) in [7, 11) is 0. The molecule has 0 aromatic heterocycles. The van der Waals surface area contributed by atoms with Gasteiger partial charge in [0.1, 0.15) is 11.5 Å². The van der Waals surface area contributed by atoms with Crippen LogP contribution in [0, 0.1) is 0 Å². The number of benzene rings is 3. The minimum Gasteiger partial charge on any atom is -0.457 e. The second-order valence-electron chi connectivity index (χ2n) is 6.97. The molecule has 0 saturated heterocycles. The number of nitrogens with zero attached hydrogens (tertiary/aromatic N) is 1. The molecule has 1 N–H and O–H groups in total. The van der Waals surface area contributed by atoms with E-state index in [0.29, 0.717) is 5.02 Å². The predicted molar refractivity (Wildman–Crippen MR) is 115 cm³/mol. The van der Waals surface area contributed by atoms with E-state index in [4.69, 9.17) is 16.3 Å². The lowest BCUT2D eigenvalue weighted by molar-refractivity contribution is 0.280. The molecule has 1 atom stereocenters. The highest BCUT2D eigenvalue weighted by molar-refractivity contribution is 6.30. The van der Waals surface area contributed by atoms with E-state index in [9.17, 15) is 5.11 Å². The molecule has 3 aromatic rings. The van der Waals surface area contributed by atoms with Gasteiger partial charge in [0.2, 0.25) is 0 Å². The van der Waals surface area contributed by atoms with Gasteiger partial charge in [-0.2, -0.15) is 0 Å². The van der Waals surface area contributed by atoms with Crippen LogP contribution in [0.1, 0.15) is 42.0 Å². The van der Waals surface area contributed by atoms with E-state index in [1.807, 2.05) is 36.4 Å². The molecule has 0 fully saturated rings. The highest BCUT2D eigenvalue weighted by atomic mass is 35.5. The van der Waals surface area contributed by atoms with Gasteiger partial charge >= 0.3 is 0 Å². The Balaban J connectivity index is 1.92. The Morgan fingerprint density at radius 2 is 1.68 bits per heavy atom. The fourth-order valence-electron chi connectivity index (χ4n) is 4.05. The first-order valence-electron chi connectivity index (χ1n) is 9.71. The van der Waals surface area contributed by atoms with E-state index in [1.54, 1.807) is 0 Å². The predicted octanol–water partition coefficient (Wildman–Crippen LogP) is 5.96. The minimum absolute atomic E-state index is 0.00368. The first-order valence-corrected chi connectivity index (χ1v) is 10.1. The molecular weight excluding hydrogens is 370 g/mol. The van der Waals surface area contributed by atoms with Crippen LogP contribution in [0.3, 0.4) is 0 Å². The maximum absolute atomic E-state index is 9.92. The Hall–Kier alpha value is -2.49. The zero-order chi connectivity index (χ0) is 19.7. The quantitative estimate of drug-likeness (QED) is 0.453. The molecule has 4 rings (SSSR count). The average Bonchev–Trinajstić information content (AvgIpc) is 2.73. The molecule has 3 aromatic carbocycles. The summed E-state index contributed by atoms with van der Waals surface area (Å²) in [5.41, 5.74) is 5.26. The summed E-state index contributed by atoms with van der Waals surface area (Å²) in [4.78, 5) is 2.30. The molecule has 4 heteroatoms. The Bertz CT molecular complexity index is 998. The summed E-state index contributed by atoms with van der Waals surface area (Å²) in [6, 6.07) is 20.2. The van der Waals surface area contributed by atoms with Crippen LogP contribution < -0.4 is 9.64 Å². The van der Waals surface area contributed by atoms with Crippen LogP contribution in [-0.2, 0) is 6.61 Å².